The van der Waals surface area contributed by atoms with E-state index in [0.717, 1.165) is 18.8 Å². The highest BCUT2D eigenvalue weighted by molar-refractivity contribution is 9.09. The van der Waals surface area contributed by atoms with Gasteiger partial charge >= 0.3 is 0 Å². The summed E-state index contributed by atoms with van der Waals surface area (Å²) in [5.74, 6) is 1.04. The second-order valence-electron chi connectivity index (χ2n) is 5.95. The Hall–Kier alpha value is -0.800. The first kappa shape index (κ1) is 14.2. The first-order chi connectivity index (χ1) is 9.53. The first-order valence-corrected chi connectivity index (χ1v) is 8.80. The van der Waals surface area contributed by atoms with E-state index >= 15 is 0 Å². The Kier molecular flexibility index (Phi) is 3.67. The van der Waals surface area contributed by atoms with Gasteiger partial charge in [0, 0.05) is 15.9 Å². The molecule has 0 fully saturated rings. The highest BCUT2D eigenvalue weighted by atomic mass is 79.9. The van der Waals surface area contributed by atoms with Crippen LogP contribution in [-0.4, -0.2) is 6.61 Å². The maximum absolute atomic E-state index is 5.77. The minimum Gasteiger partial charge on any atom is -0.492 e. The highest BCUT2D eigenvalue weighted by Crippen LogP contribution is 2.43. The number of aryl methyl sites for hydroxylation is 1. The predicted octanol–water partition coefficient (Wildman–Crippen LogP) is 5.46. The molecule has 1 aromatic carbocycles. The SMILES string of the molecule is CCc1ccsc1C(Br)c1ccc2c(c1)C(C)(C)CO2. The average molecular weight is 351 g/mol. The van der Waals surface area contributed by atoms with E-state index in [1.54, 1.807) is 0 Å². The van der Waals surface area contributed by atoms with E-state index < -0.39 is 0 Å². The van der Waals surface area contributed by atoms with Gasteiger partial charge in [0.1, 0.15) is 5.75 Å². The van der Waals surface area contributed by atoms with Gasteiger partial charge in [-0.15, -0.1) is 11.3 Å². The number of benzene rings is 1. The Labute approximate surface area is 133 Å². The Balaban J connectivity index is 2.00. The Morgan fingerprint density at radius 1 is 1.35 bits per heavy atom. The number of hydrogen-bond acceptors (Lipinski definition) is 2. The van der Waals surface area contributed by atoms with E-state index in [9.17, 15) is 0 Å². The van der Waals surface area contributed by atoms with Crippen LogP contribution in [0.1, 0.15) is 47.2 Å². The molecule has 0 saturated carbocycles. The van der Waals surface area contributed by atoms with Gasteiger partial charge in [0.2, 0.25) is 0 Å². The third-order valence-electron chi connectivity index (χ3n) is 4.01. The number of thiophene rings is 1. The molecule has 1 aromatic heterocycles. The minimum atomic E-state index is 0.112. The summed E-state index contributed by atoms with van der Waals surface area (Å²) >= 11 is 5.71. The molecule has 3 heteroatoms. The summed E-state index contributed by atoms with van der Waals surface area (Å²) in [6, 6.07) is 8.83. The van der Waals surface area contributed by atoms with Gasteiger partial charge in [-0.3, -0.25) is 0 Å². The fraction of sp³-hybridized carbons (Fsp3) is 0.412. The van der Waals surface area contributed by atoms with Crippen molar-refractivity contribution in [3.8, 4) is 5.75 Å². The predicted molar refractivity (Wildman–Crippen MR) is 89.4 cm³/mol. The van der Waals surface area contributed by atoms with Crippen molar-refractivity contribution >= 4 is 27.3 Å². The molecule has 106 valence electrons. The van der Waals surface area contributed by atoms with Crippen LogP contribution in [0.4, 0.5) is 0 Å². The molecule has 3 rings (SSSR count). The van der Waals surface area contributed by atoms with Crippen molar-refractivity contribution in [3.05, 3.63) is 51.2 Å². The number of rotatable bonds is 3. The van der Waals surface area contributed by atoms with Crippen molar-refractivity contribution in [2.75, 3.05) is 6.61 Å². The third kappa shape index (κ3) is 2.31. The third-order valence-corrected chi connectivity index (χ3v) is 6.32. The molecule has 1 nitrogen and oxygen atoms in total. The van der Waals surface area contributed by atoms with E-state index in [2.05, 4.69) is 66.3 Å². The molecule has 20 heavy (non-hydrogen) atoms. The maximum atomic E-state index is 5.77. The maximum Gasteiger partial charge on any atom is 0.123 e. The monoisotopic (exact) mass is 350 g/mol. The lowest BCUT2D eigenvalue weighted by Crippen LogP contribution is -2.18. The number of halogens is 1. The fourth-order valence-corrected chi connectivity index (χ4v) is 4.61. The van der Waals surface area contributed by atoms with Crippen LogP contribution in [0.25, 0.3) is 0 Å². The normalized spacial score (nSPS) is 17.6. The van der Waals surface area contributed by atoms with Crippen molar-refractivity contribution in [2.45, 2.75) is 37.4 Å². The van der Waals surface area contributed by atoms with Crippen molar-refractivity contribution in [1.29, 1.82) is 0 Å². The number of ether oxygens (including phenoxy) is 1. The van der Waals surface area contributed by atoms with Crippen LogP contribution in [0, 0.1) is 0 Å². The van der Waals surface area contributed by atoms with Crippen LogP contribution in [0.3, 0.4) is 0 Å². The molecular weight excluding hydrogens is 332 g/mol. The quantitative estimate of drug-likeness (QED) is 0.667. The molecule has 2 aromatic rings. The lowest BCUT2D eigenvalue weighted by Gasteiger charge is -2.17. The van der Waals surface area contributed by atoms with Crippen LogP contribution < -0.4 is 4.74 Å². The molecule has 0 radical (unpaired) electrons. The van der Waals surface area contributed by atoms with Crippen molar-refractivity contribution in [2.24, 2.45) is 0 Å². The van der Waals surface area contributed by atoms with Crippen LogP contribution in [0.15, 0.2) is 29.6 Å². The van der Waals surface area contributed by atoms with Crippen molar-refractivity contribution in [1.82, 2.24) is 0 Å². The van der Waals surface area contributed by atoms with Gasteiger partial charge in [0.15, 0.2) is 0 Å². The second-order valence-corrected chi connectivity index (χ2v) is 7.82. The molecule has 1 atom stereocenters. The lowest BCUT2D eigenvalue weighted by atomic mass is 9.86. The molecule has 1 unspecified atom stereocenters. The molecule has 0 saturated heterocycles. The lowest BCUT2D eigenvalue weighted by molar-refractivity contribution is 0.291. The van der Waals surface area contributed by atoms with E-state index in [1.165, 1.54) is 21.6 Å². The van der Waals surface area contributed by atoms with E-state index in [4.69, 9.17) is 4.74 Å². The molecule has 0 N–H and O–H groups in total. The summed E-state index contributed by atoms with van der Waals surface area (Å²) in [5, 5.41) is 2.18. The zero-order valence-electron chi connectivity index (χ0n) is 12.1. The number of alkyl halides is 1. The average Bonchev–Trinajstić information content (AvgIpc) is 3.03. The summed E-state index contributed by atoms with van der Waals surface area (Å²) in [5.41, 5.74) is 4.20. The topological polar surface area (TPSA) is 9.23 Å². The summed E-state index contributed by atoms with van der Waals surface area (Å²) in [6.07, 6.45) is 1.08. The van der Waals surface area contributed by atoms with E-state index in [-0.39, 0.29) is 10.2 Å². The van der Waals surface area contributed by atoms with Crippen molar-refractivity contribution in [3.63, 3.8) is 0 Å². The fourth-order valence-electron chi connectivity index (χ4n) is 2.71. The summed E-state index contributed by atoms with van der Waals surface area (Å²) in [6.45, 7) is 7.48. The molecular formula is C17H19BrOS. The molecule has 0 aliphatic carbocycles. The number of fused-ring (bicyclic) bond motifs is 1. The molecule has 1 aliphatic rings. The zero-order chi connectivity index (χ0) is 14.3. The Bertz CT molecular complexity index is 630. The standard InChI is InChI=1S/C17H19BrOS/c1-4-11-7-8-20-16(11)15(18)12-5-6-14-13(9-12)17(2,3)10-19-14/h5-9,15H,4,10H2,1-3H3. The van der Waals surface area contributed by atoms with Gasteiger partial charge in [-0.1, -0.05) is 42.8 Å². The van der Waals surface area contributed by atoms with Crippen LogP contribution in [0.5, 0.6) is 5.75 Å². The van der Waals surface area contributed by atoms with Gasteiger partial charge in [-0.25, -0.2) is 0 Å². The molecule has 1 aliphatic heterocycles. The molecule has 2 heterocycles. The molecule has 0 amide bonds. The largest absolute Gasteiger partial charge is 0.492 e. The van der Waals surface area contributed by atoms with Gasteiger partial charge in [0.05, 0.1) is 11.4 Å². The van der Waals surface area contributed by atoms with Gasteiger partial charge < -0.3 is 4.74 Å². The van der Waals surface area contributed by atoms with E-state index in [0.29, 0.717) is 0 Å². The number of hydrogen-bond donors (Lipinski definition) is 0. The van der Waals surface area contributed by atoms with Crippen LogP contribution >= 0.6 is 27.3 Å². The van der Waals surface area contributed by atoms with E-state index in [1.807, 2.05) is 11.3 Å². The van der Waals surface area contributed by atoms with Gasteiger partial charge in [0.25, 0.3) is 0 Å². The zero-order valence-corrected chi connectivity index (χ0v) is 14.5. The smallest absolute Gasteiger partial charge is 0.123 e. The minimum absolute atomic E-state index is 0.112. The van der Waals surface area contributed by atoms with Gasteiger partial charge in [-0.2, -0.15) is 0 Å². The Morgan fingerprint density at radius 2 is 2.15 bits per heavy atom. The van der Waals surface area contributed by atoms with Crippen molar-refractivity contribution < 1.29 is 4.74 Å². The van der Waals surface area contributed by atoms with Crippen LogP contribution in [0.2, 0.25) is 0 Å². The summed E-state index contributed by atoms with van der Waals surface area (Å²) in [7, 11) is 0. The van der Waals surface area contributed by atoms with Crippen LogP contribution in [-0.2, 0) is 11.8 Å². The van der Waals surface area contributed by atoms with Gasteiger partial charge in [-0.05, 0) is 41.1 Å². The first-order valence-electron chi connectivity index (χ1n) is 7.00. The second kappa shape index (κ2) is 5.19. The highest BCUT2D eigenvalue weighted by Gasteiger charge is 2.32. The molecule has 0 spiro atoms. The summed E-state index contributed by atoms with van der Waals surface area (Å²) < 4.78 is 5.77. The summed E-state index contributed by atoms with van der Waals surface area (Å²) in [4.78, 5) is 1.70. The molecule has 0 bridgehead atoms. The Morgan fingerprint density at radius 3 is 2.90 bits per heavy atom.